The van der Waals surface area contributed by atoms with E-state index in [1.165, 1.54) is 26.0 Å². The summed E-state index contributed by atoms with van der Waals surface area (Å²) in [5.41, 5.74) is -1.43. The standard InChI is InChI=1S/C16H24O6S/c1-15(2,17)16(11-14(16)22-12-21-10-9-20-3)23(18,19)13-7-5-4-6-8-13/h4-8,14,17H,9-12H2,1-3H3. The lowest BCUT2D eigenvalue weighted by molar-refractivity contribution is -0.0819. The molecule has 23 heavy (non-hydrogen) atoms. The van der Waals surface area contributed by atoms with Gasteiger partial charge in [0.2, 0.25) is 0 Å². The first-order chi connectivity index (χ1) is 10.8. The van der Waals surface area contributed by atoms with Gasteiger partial charge >= 0.3 is 0 Å². The molecule has 130 valence electrons. The molecule has 0 heterocycles. The van der Waals surface area contributed by atoms with Crippen LogP contribution in [0.5, 0.6) is 0 Å². The largest absolute Gasteiger partial charge is 0.389 e. The number of aliphatic hydroxyl groups is 1. The molecule has 2 rings (SSSR count). The molecule has 0 bridgehead atoms. The number of methoxy groups -OCH3 is 1. The Kier molecular flexibility index (Phi) is 5.48. The lowest BCUT2D eigenvalue weighted by Crippen LogP contribution is -2.48. The molecule has 1 N–H and O–H groups in total. The van der Waals surface area contributed by atoms with Crippen molar-refractivity contribution in [2.75, 3.05) is 27.1 Å². The van der Waals surface area contributed by atoms with Gasteiger partial charge in [0.25, 0.3) is 0 Å². The van der Waals surface area contributed by atoms with Crippen molar-refractivity contribution in [1.29, 1.82) is 0 Å². The van der Waals surface area contributed by atoms with Gasteiger partial charge in [0.1, 0.15) is 11.5 Å². The minimum absolute atomic E-state index is 0.0316. The molecule has 2 unspecified atom stereocenters. The molecule has 0 aliphatic heterocycles. The van der Waals surface area contributed by atoms with Gasteiger partial charge in [0.05, 0.1) is 29.8 Å². The molecule has 0 spiro atoms. The monoisotopic (exact) mass is 344 g/mol. The smallest absolute Gasteiger partial charge is 0.189 e. The molecule has 1 aliphatic rings. The molecule has 7 heteroatoms. The van der Waals surface area contributed by atoms with Gasteiger partial charge in [0.15, 0.2) is 9.84 Å². The van der Waals surface area contributed by atoms with E-state index in [-0.39, 0.29) is 18.1 Å². The van der Waals surface area contributed by atoms with Crippen LogP contribution >= 0.6 is 0 Å². The van der Waals surface area contributed by atoms with Gasteiger partial charge in [-0.25, -0.2) is 8.42 Å². The summed E-state index contributed by atoms with van der Waals surface area (Å²) < 4.78 is 40.3. The number of sulfone groups is 1. The Hall–Kier alpha value is -0.990. The third-order valence-electron chi connectivity index (χ3n) is 4.20. The second-order valence-corrected chi connectivity index (χ2v) is 8.35. The Balaban J connectivity index is 2.14. The van der Waals surface area contributed by atoms with Crippen LogP contribution in [0, 0.1) is 0 Å². The van der Waals surface area contributed by atoms with Crippen molar-refractivity contribution in [3.8, 4) is 0 Å². The van der Waals surface area contributed by atoms with Crippen LogP contribution in [-0.2, 0) is 24.0 Å². The van der Waals surface area contributed by atoms with Gasteiger partial charge in [0, 0.05) is 13.5 Å². The molecule has 1 aromatic rings. The number of rotatable bonds is 9. The van der Waals surface area contributed by atoms with Crippen molar-refractivity contribution in [3.63, 3.8) is 0 Å². The zero-order chi connectivity index (χ0) is 17.1. The molecular formula is C16H24O6S. The Morgan fingerprint density at radius 1 is 1.26 bits per heavy atom. The predicted molar refractivity (Wildman–Crippen MR) is 84.8 cm³/mol. The maximum Gasteiger partial charge on any atom is 0.189 e. The minimum atomic E-state index is -3.74. The second kappa shape index (κ2) is 6.86. The van der Waals surface area contributed by atoms with E-state index in [0.717, 1.165) is 0 Å². The highest BCUT2D eigenvalue weighted by molar-refractivity contribution is 7.93. The fourth-order valence-electron chi connectivity index (χ4n) is 2.81. The molecule has 1 aliphatic carbocycles. The lowest BCUT2D eigenvalue weighted by atomic mass is 10.0. The summed E-state index contributed by atoms with van der Waals surface area (Å²) in [6.07, 6.45) is -0.364. The molecule has 0 saturated heterocycles. The van der Waals surface area contributed by atoms with Crippen molar-refractivity contribution in [3.05, 3.63) is 30.3 Å². The zero-order valence-corrected chi connectivity index (χ0v) is 14.5. The Bertz CT molecular complexity index is 607. The zero-order valence-electron chi connectivity index (χ0n) is 13.7. The molecule has 2 atom stereocenters. The summed E-state index contributed by atoms with van der Waals surface area (Å²) in [6.45, 7) is 3.78. The van der Waals surface area contributed by atoms with Gasteiger partial charge in [-0.1, -0.05) is 18.2 Å². The third kappa shape index (κ3) is 3.44. The van der Waals surface area contributed by atoms with Gasteiger partial charge in [-0.2, -0.15) is 0 Å². The summed E-state index contributed by atoms with van der Waals surface area (Å²) in [5.74, 6) is 0. The van der Waals surface area contributed by atoms with Crippen molar-refractivity contribution in [2.45, 2.75) is 41.6 Å². The van der Waals surface area contributed by atoms with Gasteiger partial charge in [-0.15, -0.1) is 0 Å². The first-order valence-corrected chi connectivity index (χ1v) is 8.96. The second-order valence-electron chi connectivity index (χ2n) is 6.14. The lowest BCUT2D eigenvalue weighted by Gasteiger charge is -2.30. The van der Waals surface area contributed by atoms with E-state index in [0.29, 0.717) is 13.2 Å². The minimum Gasteiger partial charge on any atom is -0.389 e. The summed E-state index contributed by atoms with van der Waals surface area (Å²) in [5, 5.41) is 10.5. The van der Waals surface area contributed by atoms with Gasteiger partial charge < -0.3 is 19.3 Å². The first-order valence-electron chi connectivity index (χ1n) is 7.47. The van der Waals surface area contributed by atoms with Crippen LogP contribution in [0.25, 0.3) is 0 Å². The van der Waals surface area contributed by atoms with Crippen LogP contribution in [0.15, 0.2) is 35.2 Å². The van der Waals surface area contributed by atoms with E-state index in [2.05, 4.69) is 0 Å². The number of hydrogen-bond acceptors (Lipinski definition) is 6. The average molecular weight is 344 g/mol. The molecular weight excluding hydrogens is 320 g/mol. The Labute approximate surface area is 137 Å². The molecule has 0 amide bonds. The summed E-state index contributed by atoms with van der Waals surface area (Å²) in [6, 6.07) is 8.15. The highest BCUT2D eigenvalue weighted by Gasteiger charge is 2.72. The fourth-order valence-corrected chi connectivity index (χ4v) is 5.19. The molecule has 0 aromatic heterocycles. The van der Waals surface area contributed by atoms with Crippen LogP contribution in [0.3, 0.4) is 0 Å². The number of hydrogen-bond donors (Lipinski definition) is 1. The topological polar surface area (TPSA) is 82.1 Å². The maximum absolute atomic E-state index is 13.0. The SMILES string of the molecule is COCCOCOC1CC1(C(C)(C)O)S(=O)(=O)c1ccccc1. The van der Waals surface area contributed by atoms with Crippen molar-refractivity contribution in [1.82, 2.24) is 0 Å². The van der Waals surface area contributed by atoms with Crippen molar-refractivity contribution < 1.29 is 27.7 Å². The van der Waals surface area contributed by atoms with E-state index >= 15 is 0 Å². The highest BCUT2D eigenvalue weighted by Crippen LogP contribution is 2.55. The predicted octanol–water partition coefficient (Wildman–Crippen LogP) is 1.38. The van der Waals surface area contributed by atoms with E-state index < -0.39 is 26.3 Å². The van der Waals surface area contributed by atoms with Crippen LogP contribution in [0.2, 0.25) is 0 Å². The molecule has 1 fully saturated rings. The van der Waals surface area contributed by atoms with Crippen LogP contribution in [0.1, 0.15) is 20.3 Å². The fraction of sp³-hybridized carbons (Fsp3) is 0.625. The molecule has 1 aromatic carbocycles. The Morgan fingerprint density at radius 2 is 1.91 bits per heavy atom. The first kappa shape index (κ1) is 18.4. The third-order valence-corrected chi connectivity index (χ3v) is 6.98. The highest BCUT2D eigenvalue weighted by atomic mass is 32.2. The van der Waals surface area contributed by atoms with E-state index in [9.17, 15) is 13.5 Å². The van der Waals surface area contributed by atoms with Crippen LogP contribution < -0.4 is 0 Å². The van der Waals surface area contributed by atoms with Crippen LogP contribution in [0.4, 0.5) is 0 Å². The van der Waals surface area contributed by atoms with E-state index in [1.807, 2.05) is 0 Å². The maximum atomic E-state index is 13.0. The Morgan fingerprint density at radius 3 is 2.48 bits per heavy atom. The van der Waals surface area contributed by atoms with Crippen molar-refractivity contribution >= 4 is 9.84 Å². The van der Waals surface area contributed by atoms with E-state index in [1.54, 1.807) is 25.3 Å². The van der Waals surface area contributed by atoms with E-state index in [4.69, 9.17) is 14.2 Å². The average Bonchev–Trinajstić information content (AvgIpc) is 3.24. The van der Waals surface area contributed by atoms with Gasteiger partial charge in [-0.3, -0.25) is 0 Å². The van der Waals surface area contributed by atoms with Crippen molar-refractivity contribution in [2.24, 2.45) is 0 Å². The number of ether oxygens (including phenoxy) is 3. The summed E-state index contributed by atoms with van der Waals surface area (Å²) in [7, 11) is -2.17. The van der Waals surface area contributed by atoms with Gasteiger partial charge in [-0.05, 0) is 26.0 Å². The molecule has 6 nitrogen and oxygen atoms in total. The quantitative estimate of drug-likeness (QED) is 0.538. The molecule has 0 radical (unpaired) electrons. The summed E-state index contributed by atoms with van der Waals surface area (Å²) in [4.78, 5) is 0.188. The normalized spacial score (nSPS) is 24.6. The van der Waals surface area contributed by atoms with Crippen LogP contribution in [-0.4, -0.2) is 57.1 Å². The number of benzene rings is 1. The summed E-state index contributed by atoms with van der Waals surface area (Å²) >= 11 is 0. The molecule has 1 saturated carbocycles.